The van der Waals surface area contributed by atoms with E-state index >= 15 is 0 Å². The minimum atomic E-state index is -0.550. The molecule has 0 unspecified atom stereocenters. The first kappa shape index (κ1) is 41.3. The number of benzene rings is 6. The van der Waals surface area contributed by atoms with Gasteiger partial charge >= 0.3 is 0 Å². The Bertz CT molecular complexity index is 2350. The number of nitrogens with zero attached hydrogens (tertiary/aromatic N) is 2. The molecular weight excluding hydrogens is 777 g/mol. The van der Waals surface area contributed by atoms with E-state index in [1.165, 1.54) is 0 Å². The third-order valence-corrected chi connectivity index (χ3v) is 11.1. The first-order valence-corrected chi connectivity index (χ1v) is 21.1. The maximum Gasteiger partial charge on any atom is 0.247 e. The molecule has 10 heteroatoms. The molecule has 8 rings (SSSR count). The van der Waals surface area contributed by atoms with Crippen LogP contribution in [-0.2, 0) is 32.0 Å². The van der Waals surface area contributed by atoms with Crippen LogP contribution in [0.4, 0.5) is 11.4 Å². The van der Waals surface area contributed by atoms with Crippen molar-refractivity contribution < 1.29 is 28.7 Å². The van der Waals surface area contributed by atoms with Gasteiger partial charge in [0.2, 0.25) is 23.6 Å². The zero-order valence-corrected chi connectivity index (χ0v) is 34.3. The molecule has 6 aromatic rings. The first-order chi connectivity index (χ1) is 30.4. The first-order valence-electron chi connectivity index (χ1n) is 21.1. The lowest BCUT2D eigenvalue weighted by molar-refractivity contribution is -0.136. The Labute approximate surface area is 361 Å². The molecule has 0 bridgehead atoms. The number of para-hydroxylation sites is 4. The molecule has 0 aromatic heterocycles. The van der Waals surface area contributed by atoms with Gasteiger partial charge < -0.3 is 29.9 Å². The van der Waals surface area contributed by atoms with Gasteiger partial charge in [0, 0.05) is 35.6 Å². The highest BCUT2D eigenvalue weighted by molar-refractivity contribution is 5.99. The summed E-state index contributed by atoms with van der Waals surface area (Å²) in [6.07, 6.45) is 6.93. The monoisotopic (exact) mass is 824 g/mol. The lowest BCUT2D eigenvalue weighted by atomic mass is 10.1. The molecule has 2 saturated heterocycles. The topological polar surface area (TPSA) is 117 Å². The highest BCUT2D eigenvalue weighted by Crippen LogP contribution is 2.30. The second kappa shape index (κ2) is 19.7. The number of nitrogens with one attached hydrogen (secondary N) is 2. The Hall–Kier alpha value is -7.46. The van der Waals surface area contributed by atoms with E-state index < -0.39 is 12.1 Å². The van der Waals surface area contributed by atoms with Crippen LogP contribution in [0.15, 0.2) is 158 Å². The fraction of sp³-hybridized carbons (Fsp3) is 0.192. The molecule has 0 saturated carbocycles. The van der Waals surface area contributed by atoms with Crippen molar-refractivity contribution in [1.29, 1.82) is 0 Å². The number of ether oxygens (including phenoxy) is 2. The predicted octanol–water partition coefficient (Wildman–Crippen LogP) is 9.79. The van der Waals surface area contributed by atoms with E-state index in [1.807, 2.05) is 170 Å². The van der Waals surface area contributed by atoms with E-state index in [-0.39, 0.29) is 36.5 Å². The van der Waals surface area contributed by atoms with Crippen LogP contribution in [0.3, 0.4) is 0 Å². The fourth-order valence-corrected chi connectivity index (χ4v) is 7.93. The Balaban J connectivity index is 0.813. The summed E-state index contributed by atoms with van der Waals surface area (Å²) in [5.41, 5.74) is 4.72. The van der Waals surface area contributed by atoms with Gasteiger partial charge in [0.05, 0.1) is 12.8 Å². The second-order valence-electron chi connectivity index (χ2n) is 15.4. The zero-order valence-electron chi connectivity index (χ0n) is 34.3. The van der Waals surface area contributed by atoms with E-state index in [1.54, 1.807) is 9.80 Å². The van der Waals surface area contributed by atoms with E-state index in [0.29, 0.717) is 60.3 Å². The van der Waals surface area contributed by atoms with E-state index in [0.717, 1.165) is 35.1 Å². The summed E-state index contributed by atoms with van der Waals surface area (Å²) in [6, 6.07) is 47.9. The molecule has 62 heavy (non-hydrogen) atoms. The summed E-state index contributed by atoms with van der Waals surface area (Å²) in [5.74, 6) is 1.99. The number of carbonyl (C=O) groups excluding carboxylic acids is 4. The largest absolute Gasteiger partial charge is 0.457 e. The van der Waals surface area contributed by atoms with E-state index in [2.05, 4.69) is 10.6 Å². The van der Waals surface area contributed by atoms with Crippen molar-refractivity contribution in [2.75, 3.05) is 23.7 Å². The molecule has 0 spiro atoms. The molecular formula is C52H48N4O6. The summed E-state index contributed by atoms with van der Waals surface area (Å²) in [7, 11) is 0. The average molecular weight is 825 g/mol. The van der Waals surface area contributed by atoms with Crippen molar-refractivity contribution in [3.05, 3.63) is 180 Å². The average Bonchev–Trinajstić information content (AvgIpc) is 4.01. The quantitative estimate of drug-likeness (QED) is 0.106. The molecule has 2 fully saturated rings. The minimum Gasteiger partial charge on any atom is -0.457 e. The fourth-order valence-electron chi connectivity index (χ4n) is 7.93. The Morgan fingerprint density at radius 3 is 1.26 bits per heavy atom. The molecule has 0 radical (unpaired) electrons. The van der Waals surface area contributed by atoms with Crippen LogP contribution >= 0.6 is 0 Å². The third kappa shape index (κ3) is 10.5. The van der Waals surface area contributed by atoms with E-state index in [4.69, 9.17) is 9.47 Å². The second-order valence-corrected chi connectivity index (χ2v) is 15.4. The van der Waals surface area contributed by atoms with Crippen molar-refractivity contribution in [3.63, 3.8) is 0 Å². The number of carbonyl (C=O) groups is 4. The normalized spacial score (nSPS) is 15.9. The van der Waals surface area contributed by atoms with Gasteiger partial charge in [-0.25, -0.2) is 0 Å². The molecule has 312 valence electrons. The summed E-state index contributed by atoms with van der Waals surface area (Å²) < 4.78 is 12.1. The number of amides is 4. The van der Waals surface area contributed by atoms with Crippen LogP contribution in [0.25, 0.3) is 12.2 Å². The third-order valence-electron chi connectivity index (χ3n) is 11.1. The molecule has 6 aromatic carbocycles. The van der Waals surface area contributed by atoms with Gasteiger partial charge in [-0.05, 0) is 97.5 Å². The maximum atomic E-state index is 13.5. The van der Waals surface area contributed by atoms with Gasteiger partial charge in [-0.2, -0.15) is 0 Å². The Morgan fingerprint density at radius 1 is 0.484 bits per heavy atom. The molecule has 4 amide bonds. The summed E-state index contributed by atoms with van der Waals surface area (Å²) in [5, 5.41) is 6.01. The zero-order chi connectivity index (χ0) is 42.7. The van der Waals surface area contributed by atoms with E-state index in [9.17, 15) is 19.2 Å². The van der Waals surface area contributed by atoms with Crippen molar-refractivity contribution >= 4 is 47.2 Å². The van der Waals surface area contributed by atoms with Crippen molar-refractivity contribution in [2.24, 2.45) is 0 Å². The molecule has 10 nitrogen and oxygen atoms in total. The molecule has 2 heterocycles. The van der Waals surface area contributed by atoms with Gasteiger partial charge in [0.25, 0.3) is 0 Å². The Kier molecular flexibility index (Phi) is 13.1. The van der Waals surface area contributed by atoms with Crippen LogP contribution < -0.4 is 20.1 Å². The SMILES string of the molecule is O=C(Nc1ccc(C=Cc2ccc(NC(=O)[C@@H]3CCCN3C(=O)Cc3ccccc3Oc3ccccc3)cc2)cc1)[C@@H]1CCCN1C(=O)Cc1ccccc1Oc1ccccc1. The number of likely N-dealkylation sites (tertiary alicyclic amines) is 2. The summed E-state index contributed by atoms with van der Waals surface area (Å²) in [6.45, 7) is 1.05. The van der Waals surface area contributed by atoms with Crippen molar-refractivity contribution in [3.8, 4) is 23.0 Å². The lowest BCUT2D eigenvalue weighted by Gasteiger charge is -2.24. The summed E-state index contributed by atoms with van der Waals surface area (Å²) in [4.78, 5) is 57.3. The molecule has 2 aliphatic rings. The van der Waals surface area contributed by atoms with Crippen molar-refractivity contribution in [1.82, 2.24) is 9.80 Å². The van der Waals surface area contributed by atoms with Gasteiger partial charge in [0.15, 0.2) is 0 Å². The van der Waals surface area contributed by atoms with Gasteiger partial charge in [-0.15, -0.1) is 0 Å². The van der Waals surface area contributed by atoms with Gasteiger partial charge in [-0.3, -0.25) is 19.2 Å². The maximum absolute atomic E-state index is 13.5. The van der Waals surface area contributed by atoms with Crippen LogP contribution in [0.5, 0.6) is 23.0 Å². The lowest BCUT2D eigenvalue weighted by Crippen LogP contribution is -2.43. The van der Waals surface area contributed by atoms with Crippen molar-refractivity contribution in [2.45, 2.75) is 50.6 Å². The molecule has 2 aliphatic heterocycles. The number of anilines is 2. The van der Waals surface area contributed by atoms with Crippen LogP contribution in [-0.4, -0.2) is 58.6 Å². The highest BCUT2D eigenvalue weighted by atomic mass is 16.5. The molecule has 2 N–H and O–H groups in total. The standard InChI is InChI=1S/C52H48N4O6/c57-49(35-39-13-7-9-21-47(39)61-43-15-3-1-4-16-43)55-33-11-19-45(55)51(59)53-41-29-25-37(26-30-41)23-24-38-27-31-42(32-28-38)54-52(60)46-20-12-34-56(46)50(58)36-40-14-8-10-22-48(40)62-44-17-5-2-6-18-44/h1-10,13-18,21-32,45-46H,11-12,19-20,33-36H2,(H,53,59)(H,54,60)/t45-,46-/m0/s1. The Morgan fingerprint density at radius 2 is 0.855 bits per heavy atom. The van der Waals surface area contributed by atoms with Crippen LogP contribution in [0.2, 0.25) is 0 Å². The number of hydrogen-bond acceptors (Lipinski definition) is 6. The minimum absolute atomic E-state index is 0.112. The van der Waals surface area contributed by atoms with Gasteiger partial charge in [-0.1, -0.05) is 109 Å². The van der Waals surface area contributed by atoms with Gasteiger partial charge in [0.1, 0.15) is 35.1 Å². The summed E-state index contributed by atoms with van der Waals surface area (Å²) >= 11 is 0. The molecule has 2 atom stereocenters. The number of rotatable bonds is 14. The smallest absolute Gasteiger partial charge is 0.247 e. The molecule has 0 aliphatic carbocycles. The predicted molar refractivity (Wildman–Crippen MR) is 242 cm³/mol. The van der Waals surface area contributed by atoms with Crippen LogP contribution in [0.1, 0.15) is 47.9 Å². The van der Waals surface area contributed by atoms with Crippen LogP contribution in [0, 0.1) is 0 Å². The number of hydrogen-bond donors (Lipinski definition) is 2. The highest BCUT2D eigenvalue weighted by Gasteiger charge is 2.35.